The first-order chi connectivity index (χ1) is 15.7. The summed E-state index contributed by atoms with van der Waals surface area (Å²) in [5, 5.41) is 11.1. The Balaban J connectivity index is 1.47. The Morgan fingerprint density at radius 2 is 1.78 bits per heavy atom. The van der Waals surface area contributed by atoms with Crippen molar-refractivity contribution in [2.24, 2.45) is 4.99 Å². The van der Waals surface area contributed by atoms with Crippen LogP contribution in [-0.2, 0) is 11.2 Å². The number of benzene rings is 2. The number of hydrogen-bond acceptors (Lipinski definition) is 8. The van der Waals surface area contributed by atoms with Crippen LogP contribution in [0.25, 0.3) is 11.5 Å². The molecule has 8 nitrogen and oxygen atoms in total. The zero-order chi connectivity index (χ0) is 21.9. The molecule has 2 aromatic carbocycles. The number of methoxy groups -OCH3 is 1. The normalized spacial score (nSPS) is 15.5. The Labute approximate surface area is 184 Å². The summed E-state index contributed by atoms with van der Waals surface area (Å²) in [5.74, 6) is 0.673. The van der Waals surface area contributed by atoms with Crippen molar-refractivity contribution < 1.29 is 13.9 Å². The third-order valence-electron chi connectivity index (χ3n) is 5.13. The van der Waals surface area contributed by atoms with Crippen LogP contribution in [0, 0.1) is 0 Å². The molecule has 0 aliphatic carbocycles. The van der Waals surface area contributed by atoms with Crippen molar-refractivity contribution in [1.29, 1.82) is 0 Å². The topological polar surface area (TPSA) is 102 Å². The lowest BCUT2D eigenvalue weighted by atomic mass is 9.96. The fourth-order valence-corrected chi connectivity index (χ4v) is 3.54. The first-order valence-electron chi connectivity index (χ1n) is 10.1. The van der Waals surface area contributed by atoms with Crippen molar-refractivity contribution in [2.75, 3.05) is 12.4 Å². The van der Waals surface area contributed by atoms with E-state index in [1.807, 2.05) is 54.6 Å². The van der Waals surface area contributed by atoms with Gasteiger partial charge in [-0.25, -0.2) is 4.98 Å². The summed E-state index contributed by atoms with van der Waals surface area (Å²) in [6, 6.07) is 21.2. The van der Waals surface area contributed by atoms with Gasteiger partial charge in [-0.05, 0) is 11.6 Å². The maximum atomic E-state index is 13.0. The molecule has 0 bridgehead atoms. The second kappa shape index (κ2) is 8.43. The summed E-state index contributed by atoms with van der Waals surface area (Å²) >= 11 is 0. The molecule has 8 heteroatoms. The number of ether oxygens (including phenoxy) is 1. The van der Waals surface area contributed by atoms with Crippen LogP contribution in [0.2, 0.25) is 0 Å². The van der Waals surface area contributed by atoms with E-state index in [2.05, 4.69) is 20.5 Å². The number of hydrogen-bond donors (Lipinski definition) is 1. The van der Waals surface area contributed by atoms with Crippen molar-refractivity contribution in [2.45, 2.75) is 12.6 Å². The number of pyridine rings is 1. The molecule has 2 aromatic heterocycles. The largest absolute Gasteiger partial charge is 0.481 e. The lowest BCUT2D eigenvalue weighted by molar-refractivity contribution is -0.119. The summed E-state index contributed by atoms with van der Waals surface area (Å²) in [4.78, 5) is 21.9. The molecule has 0 radical (unpaired) electrons. The smallest absolute Gasteiger partial charge is 0.317 e. The molecule has 1 N–H and O–H groups in total. The number of Topliss-reactive ketones (excluding diaryl/α,β-unsaturated/α-hetero) is 1. The highest BCUT2D eigenvalue weighted by Crippen LogP contribution is 2.24. The molecule has 1 aliphatic rings. The van der Waals surface area contributed by atoms with Crippen LogP contribution in [-0.4, -0.2) is 40.0 Å². The Hall–Kier alpha value is -4.33. The first-order valence-corrected chi connectivity index (χ1v) is 10.1. The van der Waals surface area contributed by atoms with Gasteiger partial charge in [0.1, 0.15) is 0 Å². The number of carbonyl (C=O) groups is 1. The maximum absolute atomic E-state index is 13.0. The molecular weight excluding hydrogens is 406 g/mol. The molecular formula is C24H19N5O3. The Morgan fingerprint density at radius 3 is 2.56 bits per heavy atom. The van der Waals surface area contributed by atoms with Crippen LogP contribution in [0.1, 0.15) is 16.7 Å². The monoisotopic (exact) mass is 425 g/mol. The van der Waals surface area contributed by atoms with Gasteiger partial charge in [-0.3, -0.25) is 9.79 Å². The number of carbonyl (C=O) groups excluding carboxylic acids is 1. The van der Waals surface area contributed by atoms with Crippen molar-refractivity contribution >= 4 is 17.5 Å². The van der Waals surface area contributed by atoms with Gasteiger partial charge in [-0.15, -0.1) is 5.10 Å². The lowest BCUT2D eigenvalue weighted by Crippen LogP contribution is -2.29. The lowest BCUT2D eigenvalue weighted by Gasteiger charge is -2.11. The van der Waals surface area contributed by atoms with Gasteiger partial charge in [-0.1, -0.05) is 59.7 Å². The standard InChI is InChI=1S/C24H19N5O3/c1-31-20-12-11-17(14-25-20)23-28-29-24(32-23)27-22-19(30)13-16-9-5-6-10-18(16)21(26-22)15-7-3-2-4-8-15/h2-12,14,22H,13H2,1H3,(H,27,29)/t22-/m1/s1. The van der Waals surface area contributed by atoms with Crippen molar-refractivity contribution in [3.8, 4) is 17.3 Å². The summed E-state index contributed by atoms with van der Waals surface area (Å²) in [7, 11) is 1.54. The summed E-state index contributed by atoms with van der Waals surface area (Å²) in [5.41, 5.74) is 4.17. The predicted molar refractivity (Wildman–Crippen MR) is 119 cm³/mol. The molecule has 32 heavy (non-hydrogen) atoms. The number of nitrogens with zero attached hydrogens (tertiary/aromatic N) is 4. The molecule has 158 valence electrons. The molecule has 4 aromatic rings. The van der Waals surface area contributed by atoms with Crippen LogP contribution in [0.3, 0.4) is 0 Å². The Kier molecular flexibility index (Phi) is 5.17. The van der Waals surface area contributed by atoms with Gasteiger partial charge in [0.05, 0.1) is 18.4 Å². The molecule has 0 spiro atoms. The van der Waals surface area contributed by atoms with E-state index in [0.29, 0.717) is 11.4 Å². The fourth-order valence-electron chi connectivity index (χ4n) is 3.54. The van der Waals surface area contributed by atoms with Gasteiger partial charge in [0, 0.05) is 29.8 Å². The second-order valence-electron chi connectivity index (χ2n) is 7.19. The third-order valence-corrected chi connectivity index (χ3v) is 5.13. The van der Waals surface area contributed by atoms with Gasteiger partial charge in [-0.2, -0.15) is 0 Å². The zero-order valence-electron chi connectivity index (χ0n) is 17.2. The maximum Gasteiger partial charge on any atom is 0.317 e. The molecule has 1 aliphatic heterocycles. The number of fused-ring (bicyclic) bond motifs is 1. The van der Waals surface area contributed by atoms with Crippen LogP contribution in [0.4, 0.5) is 6.01 Å². The summed E-state index contributed by atoms with van der Waals surface area (Å²) in [6.45, 7) is 0. The van der Waals surface area contributed by atoms with Crippen molar-refractivity contribution in [3.05, 3.63) is 89.6 Å². The van der Waals surface area contributed by atoms with Crippen LogP contribution >= 0.6 is 0 Å². The molecule has 3 heterocycles. The van der Waals surface area contributed by atoms with E-state index in [1.54, 1.807) is 25.4 Å². The average molecular weight is 425 g/mol. The van der Waals surface area contributed by atoms with E-state index < -0.39 is 6.17 Å². The average Bonchev–Trinajstić information content (AvgIpc) is 3.26. The summed E-state index contributed by atoms with van der Waals surface area (Å²) in [6.07, 6.45) is 0.964. The highest BCUT2D eigenvalue weighted by Gasteiger charge is 2.27. The van der Waals surface area contributed by atoms with E-state index >= 15 is 0 Å². The third kappa shape index (κ3) is 3.85. The molecule has 0 saturated heterocycles. The molecule has 0 unspecified atom stereocenters. The highest BCUT2D eigenvalue weighted by atomic mass is 16.5. The summed E-state index contributed by atoms with van der Waals surface area (Å²) < 4.78 is 10.8. The van der Waals surface area contributed by atoms with Crippen molar-refractivity contribution in [1.82, 2.24) is 15.2 Å². The number of nitrogens with one attached hydrogen (secondary N) is 1. The van der Waals surface area contributed by atoms with E-state index in [4.69, 9.17) is 14.1 Å². The number of aromatic nitrogens is 3. The van der Waals surface area contributed by atoms with E-state index in [1.165, 1.54) is 0 Å². The number of rotatable bonds is 5. The van der Waals surface area contributed by atoms with Crippen LogP contribution < -0.4 is 10.1 Å². The molecule has 1 atom stereocenters. The molecule has 0 amide bonds. The van der Waals surface area contributed by atoms with Crippen LogP contribution in [0.15, 0.2) is 82.3 Å². The quantitative estimate of drug-likeness (QED) is 0.522. The van der Waals surface area contributed by atoms with Gasteiger partial charge in [0.2, 0.25) is 5.88 Å². The van der Waals surface area contributed by atoms with Crippen molar-refractivity contribution in [3.63, 3.8) is 0 Å². The van der Waals surface area contributed by atoms with Gasteiger partial charge < -0.3 is 14.5 Å². The number of ketones is 1. The predicted octanol–water partition coefficient (Wildman–Crippen LogP) is 3.54. The van der Waals surface area contributed by atoms with Gasteiger partial charge in [0.15, 0.2) is 11.9 Å². The minimum absolute atomic E-state index is 0.0887. The highest BCUT2D eigenvalue weighted by molar-refractivity contribution is 6.16. The molecule has 0 fully saturated rings. The van der Waals surface area contributed by atoms with E-state index in [0.717, 1.165) is 22.4 Å². The fraction of sp³-hybridized carbons (Fsp3) is 0.125. The zero-order valence-corrected chi connectivity index (χ0v) is 17.2. The minimum Gasteiger partial charge on any atom is -0.481 e. The SMILES string of the molecule is COc1ccc(-c2nnc(N[C@H]3N=C(c4ccccc4)c4ccccc4CC3=O)o2)cn1. The van der Waals surface area contributed by atoms with Gasteiger partial charge >= 0.3 is 6.01 Å². The van der Waals surface area contributed by atoms with E-state index in [-0.39, 0.29) is 24.1 Å². The number of anilines is 1. The minimum atomic E-state index is -0.861. The first kappa shape index (κ1) is 19.6. The molecule has 0 saturated carbocycles. The van der Waals surface area contributed by atoms with Gasteiger partial charge in [0.25, 0.3) is 5.89 Å². The Bertz CT molecular complexity index is 1280. The van der Waals surface area contributed by atoms with Crippen LogP contribution in [0.5, 0.6) is 5.88 Å². The Morgan fingerprint density at radius 1 is 0.969 bits per heavy atom. The van der Waals surface area contributed by atoms with E-state index in [9.17, 15) is 4.79 Å². The second-order valence-corrected chi connectivity index (χ2v) is 7.19. The molecule has 5 rings (SSSR count). The number of aliphatic imine (C=N–C) groups is 1.